The SMILES string of the molecule is CC.CC1=C(C)C(C)=C(C)C(C)N1. The van der Waals surface area contributed by atoms with Crippen molar-refractivity contribution >= 4 is 0 Å². The van der Waals surface area contributed by atoms with Gasteiger partial charge in [-0.3, -0.25) is 0 Å². The van der Waals surface area contributed by atoms with Gasteiger partial charge in [-0.15, -0.1) is 0 Å². The van der Waals surface area contributed by atoms with Crippen molar-refractivity contribution < 1.29 is 0 Å². The van der Waals surface area contributed by atoms with Gasteiger partial charge in [-0.25, -0.2) is 0 Å². The number of hydrogen-bond acceptors (Lipinski definition) is 1. The van der Waals surface area contributed by atoms with Crippen molar-refractivity contribution in [1.82, 2.24) is 5.32 Å². The van der Waals surface area contributed by atoms with Gasteiger partial charge in [0.15, 0.2) is 0 Å². The molecule has 0 amide bonds. The predicted molar refractivity (Wildman–Crippen MR) is 60.7 cm³/mol. The molecule has 1 heterocycles. The number of allylic oxidation sites excluding steroid dienone is 3. The van der Waals surface area contributed by atoms with Crippen LogP contribution in [-0.2, 0) is 0 Å². The maximum absolute atomic E-state index is 3.43. The first-order valence-electron chi connectivity index (χ1n) is 5.15. The Hall–Kier alpha value is -0.720. The maximum atomic E-state index is 3.43. The molecule has 1 aliphatic rings. The third kappa shape index (κ3) is 2.61. The molecule has 0 aromatic rings. The second-order valence-electron chi connectivity index (χ2n) is 3.42. The van der Waals surface area contributed by atoms with Crippen molar-refractivity contribution in [1.29, 1.82) is 0 Å². The molecular weight excluding hydrogens is 158 g/mol. The Morgan fingerprint density at radius 3 is 1.85 bits per heavy atom. The van der Waals surface area contributed by atoms with E-state index in [1.807, 2.05) is 13.8 Å². The Morgan fingerprint density at radius 2 is 1.38 bits per heavy atom. The van der Waals surface area contributed by atoms with Gasteiger partial charge in [-0.2, -0.15) is 0 Å². The topological polar surface area (TPSA) is 12.0 Å². The molecule has 0 saturated heterocycles. The summed E-state index contributed by atoms with van der Waals surface area (Å²) in [4.78, 5) is 0. The molecule has 1 unspecified atom stereocenters. The minimum atomic E-state index is 0.513. The first-order valence-corrected chi connectivity index (χ1v) is 5.15. The normalized spacial score (nSPS) is 22.2. The van der Waals surface area contributed by atoms with Crippen molar-refractivity contribution in [2.45, 2.75) is 54.5 Å². The minimum absolute atomic E-state index is 0.513. The highest BCUT2D eigenvalue weighted by Gasteiger charge is 2.14. The highest BCUT2D eigenvalue weighted by atomic mass is 14.9. The van der Waals surface area contributed by atoms with Crippen LogP contribution >= 0.6 is 0 Å². The van der Waals surface area contributed by atoms with E-state index in [2.05, 4.69) is 39.9 Å². The smallest absolute Gasteiger partial charge is 0.0445 e. The fourth-order valence-corrected chi connectivity index (χ4v) is 1.44. The molecule has 0 radical (unpaired) electrons. The van der Waals surface area contributed by atoms with Crippen LogP contribution in [0.15, 0.2) is 22.4 Å². The van der Waals surface area contributed by atoms with E-state index in [0.717, 1.165) is 0 Å². The summed E-state index contributed by atoms with van der Waals surface area (Å²) in [5.41, 5.74) is 5.64. The van der Waals surface area contributed by atoms with E-state index >= 15 is 0 Å². The quantitative estimate of drug-likeness (QED) is 0.601. The average Bonchev–Trinajstić information content (AvgIpc) is 2.15. The van der Waals surface area contributed by atoms with Gasteiger partial charge in [0.2, 0.25) is 0 Å². The number of rotatable bonds is 0. The Balaban J connectivity index is 0.000000671. The molecule has 1 N–H and O–H groups in total. The number of dihydropyridines is 1. The first kappa shape index (κ1) is 12.3. The molecule has 0 bridgehead atoms. The van der Waals surface area contributed by atoms with E-state index in [4.69, 9.17) is 0 Å². The second kappa shape index (κ2) is 5.11. The zero-order valence-electron chi connectivity index (χ0n) is 10.1. The highest BCUT2D eigenvalue weighted by molar-refractivity contribution is 5.40. The maximum Gasteiger partial charge on any atom is 0.0445 e. The lowest BCUT2D eigenvalue weighted by molar-refractivity contribution is 0.663. The molecule has 0 fully saturated rings. The summed E-state index contributed by atoms with van der Waals surface area (Å²) in [6, 6.07) is 0.513. The van der Waals surface area contributed by atoms with Gasteiger partial charge in [-0.1, -0.05) is 13.8 Å². The molecule has 1 atom stereocenters. The van der Waals surface area contributed by atoms with Crippen LogP contribution in [0.25, 0.3) is 0 Å². The molecule has 0 saturated carbocycles. The van der Waals surface area contributed by atoms with E-state index < -0.39 is 0 Å². The summed E-state index contributed by atoms with van der Waals surface area (Å²) in [7, 11) is 0. The number of nitrogens with one attached hydrogen (secondary N) is 1. The van der Waals surface area contributed by atoms with Crippen LogP contribution in [0.2, 0.25) is 0 Å². The van der Waals surface area contributed by atoms with Crippen molar-refractivity contribution in [3.8, 4) is 0 Å². The van der Waals surface area contributed by atoms with Crippen molar-refractivity contribution in [3.63, 3.8) is 0 Å². The summed E-state index contributed by atoms with van der Waals surface area (Å²) < 4.78 is 0. The molecular formula is C12H23N. The van der Waals surface area contributed by atoms with E-state index in [1.54, 1.807) is 0 Å². The summed E-state index contributed by atoms with van der Waals surface area (Å²) in [5.74, 6) is 0. The van der Waals surface area contributed by atoms with Gasteiger partial charge in [0, 0.05) is 11.7 Å². The zero-order chi connectivity index (χ0) is 10.6. The largest absolute Gasteiger partial charge is 0.382 e. The fourth-order valence-electron chi connectivity index (χ4n) is 1.44. The Labute approximate surface area is 82.9 Å². The van der Waals surface area contributed by atoms with Gasteiger partial charge in [0.05, 0.1) is 0 Å². The first-order chi connectivity index (χ1) is 6.04. The summed E-state index contributed by atoms with van der Waals surface area (Å²) in [6.45, 7) is 14.9. The van der Waals surface area contributed by atoms with E-state index in [1.165, 1.54) is 22.4 Å². The lowest BCUT2D eigenvalue weighted by Crippen LogP contribution is -2.30. The van der Waals surface area contributed by atoms with Crippen molar-refractivity contribution in [3.05, 3.63) is 22.4 Å². The molecule has 1 aliphatic heterocycles. The molecule has 0 spiro atoms. The van der Waals surface area contributed by atoms with Gasteiger partial charge in [0.1, 0.15) is 0 Å². The van der Waals surface area contributed by atoms with Gasteiger partial charge in [0.25, 0.3) is 0 Å². The minimum Gasteiger partial charge on any atom is -0.382 e. The lowest BCUT2D eigenvalue weighted by Gasteiger charge is -2.26. The van der Waals surface area contributed by atoms with Gasteiger partial charge >= 0.3 is 0 Å². The van der Waals surface area contributed by atoms with Crippen LogP contribution in [0.5, 0.6) is 0 Å². The molecule has 1 heteroatoms. The van der Waals surface area contributed by atoms with E-state index in [0.29, 0.717) is 6.04 Å². The zero-order valence-corrected chi connectivity index (χ0v) is 10.1. The van der Waals surface area contributed by atoms with Crippen LogP contribution in [0.3, 0.4) is 0 Å². The molecule has 76 valence electrons. The molecule has 13 heavy (non-hydrogen) atoms. The van der Waals surface area contributed by atoms with Crippen LogP contribution in [0.1, 0.15) is 48.5 Å². The summed E-state index contributed by atoms with van der Waals surface area (Å²) in [6.07, 6.45) is 0. The summed E-state index contributed by atoms with van der Waals surface area (Å²) in [5, 5.41) is 3.43. The third-order valence-electron chi connectivity index (χ3n) is 2.80. The van der Waals surface area contributed by atoms with E-state index in [-0.39, 0.29) is 0 Å². The Kier molecular flexibility index (Phi) is 4.82. The second-order valence-corrected chi connectivity index (χ2v) is 3.42. The highest BCUT2D eigenvalue weighted by Crippen LogP contribution is 2.23. The van der Waals surface area contributed by atoms with Crippen molar-refractivity contribution in [2.75, 3.05) is 0 Å². The summed E-state index contributed by atoms with van der Waals surface area (Å²) >= 11 is 0. The van der Waals surface area contributed by atoms with Crippen LogP contribution < -0.4 is 5.32 Å². The van der Waals surface area contributed by atoms with Crippen LogP contribution in [-0.4, -0.2) is 6.04 Å². The van der Waals surface area contributed by atoms with Crippen LogP contribution in [0.4, 0.5) is 0 Å². The standard InChI is InChI=1S/C10H17N.C2H6/c1-6-7(2)9(4)11-10(5)8(6)3;1-2/h9,11H,1-5H3;1-2H3. The number of hydrogen-bond donors (Lipinski definition) is 1. The van der Waals surface area contributed by atoms with Gasteiger partial charge in [-0.05, 0) is 51.3 Å². The third-order valence-corrected chi connectivity index (χ3v) is 2.80. The predicted octanol–water partition coefficient (Wildman–Crippen LogP) is 3.63. The molecule has 0 aromatic heterocycles. The van der Waals surface area contributed by atoms with Crippen LogP contribution in [0, 0.1) is 0 Å². The van der Waals surface area contributed by atoms with Crippen molar-refractivity contribution in [2.24, 2.45) is 0 Å². The fraction of sp³-hybridized carbons (Fsp3) is 0.667. The average molecular weight is 181 g/mol. The molecule has 0 aliphatic carbocycles. The molecule has 1 rings (SSSR count). The molecule has 1 nitrogen and oxygen atoms in total. The monoisotopic (exact) mass is 181 g/mol. The molecule has 0 aromatic carbocycles. The lowest BCUT2D eigenvalue weighted by atomic mass is 9.94. The van der Waals surface area contributed by atoms with E-state index in [9.17, 15) is 0 Å². The van der Waals surface area contributed by atoms with Gasteiger partial charge < -0.3 is 5.32 Å². The Bertz CT molecular complexity index is 234. The Morgan fingerprint density at radius 1 is 0.923 bits per heavy atom.